The maximum atomic E-state index is 11.7. The second kappa shape index (κ2) is 5.53. The van der Waals surface area contributed by atoms with E-state index in [0.29, 0.717) is 5.56 Å². The van der Waals surface area contributed by atoms with Gasteiger partial charge in [-0.25, -0.2) is 4.79 Å². The number of hydrogen-bond acceptors (Lipinski definition) is 3. The maximum absolute atomic E-state index is 11.7. The molecule has 2 unspecified atom stereocenters. The summed E-state index contributed by atoms with van der Waals surface area (Å²) in [5, 5.41) is 0. The molecular formula is C15H21NO2. The fourth-order valence-corrected chi connectivity index (χ4v) is 2.38. The molecule has 0 spiro atoms. The van der Waals surface area contributed by atoms with Crippen molar-refractivity contribution in [2.45, 2.75) is 19.9 Å². The summed E-state index contributed by atoms with van der Waals surface area (Å²) < 4.78 is 4.81. The smallest absolute Gasteiger partial charge is 0.338 e. The van der Waals surface area contributed by atoms with E-state index >= 15 is 0 Å². The van der Waals surface area contributed by atoms with Crippen LogP contribution in [-0.2, 0) is 11.3 Å². The minimum absolute atomic E-state index is 0.251. The number of hydrogen-bond donors (Lipinski definition) is 0. The van der Waals surface area contributed by atoms with Crippen LogP contribution in [-0.4, -0.2) is 31.6 Å². The van der Waals surface area contributed by atoms with E-state index < -0.39 is 0 Å². The van der Waals surface area contributed by atoms with Crippen LogP contribution in [0.1, 0.15) is 29.3 Å². The maximum Gasteiger partial charge on any atom is 0.338 e. The van der Waals surface area contributed by atoms with Crippen LogP contribution in [0, 0.1) is 11.8 Å². The Morgan fingerprint density at radius 2 is 2.11 bits per heavy atom. The second-order valence-electron chi connectivity index (χ2n) is 5.32. The molecule has 1 aromatic carbocycles. The van der Waals surface area contributed by atoms with Gasteiger partial charge in [0.1, 0.15) is 0 Å². The standard InChI is InChI=1S/C15H21NO2/c1-11-8-13(11)10-16(2)9-12-6-4-5-7-14(12)15(17)18-3/h4-7,11,13H,8-10H2,1-3H3. The Labute approximate surface area is 109 Å². The summed E-state index contributed by atoms with van der Waals surface area (Å²) in [6.07, 6.45) is 1.34. The predicted octanol–water partition coefficient (Wildman–Crippen LogP) is 2.56. The van der Waals surface area contributed by atoms with Crippen LogP contribution in [0.2, 0.25) is 0 Å². The molecule has 1 aliphatic carbocycles. The quantitative estimate of drug-likeness (QED) is 0.749. The van der Waals surface area contributed by atoms with Crippen LogP contribution in [0.5, 0.6) is 0 Å². The third-order valence-corrected chi connectivity index (χ3v) is 3.69. The summed E-state index contributed by atoms with van der Waals surface area (Å²) in [6, 6.07) is 7.67. The van der Waals surface area contributed by atoms with Crippen molar-refractivity contribution < 1.29 is 9.53 Å². The van der Waals surface area contributed by atoms with Crippen molar-refractivity contribution in [1.29, 1.82) is 0 Å². The average Bonchev–Trinajstić information content (AvgIpc) is 3.04. The normalized spacial score (nSPS) is 22.0. The highest BCUT2D eigenvalue weighted by Gasteiger charge is 2.33. The number of rotatable bonds is 5. The van der Waals surface area contributed by atoms with E-state index in [1.807, 2.05) is 24.3 Å². The molecule has 0 aliphatic heterocycles. The first-order valence-electron chi connectivity index (χ1n) is 6.46. The Morgan fingerprint density at radius 1 is 1.44 bits per heavy atom. The summed E-state index contributed by atoms with van der Waals surface area (Å²) >= 11 is 0. The molecule has 0 bridgehead atoms. The molecule has 2 atom stereocenters. The number of esters is 1. The van der Waals surface area contributed by atoms with E-state index in [1.165, 1.54) is 13.5 Å². The molecule has 0 amide bonds. The molecular weight excluding hydrogens is 226 g/mol. The lowest BCUT2D eigenvalue weighted by Gasteiger charge is -2.18. The molecule has 1 aromatic rings. The Bertz CT molecular complexity index is 430. The van der Waals surface area contributed by atoms with E-state index in [0.717, 1.165) is 30.5 Å². The summed E-state index contributed by atoms with van der Waals surface area (Å²) in [4.78, 5) is 13.9. The number of carbonyl (C=O) groups excluding carboxylic acids is 1. The summed E-state index contributed by atoms with van der Waals surface area (Å²) in [6.45, 7) is 4.20. The predicted molar refractivity (Wildman–Crippen MR) is 71.4 cm³/mol. The van der Waals surface area contributed by atoms with E-state index in [1.54, 1.807) is 0 Å². The first-order valence-corrected chi connectivity index (χ1v) is 6.46. The largest absolute Gasteiger partial charge is 0.465 e. The van der Waals surface area contributed by atoms with Crippen LogP contribution in [0.25, 0.3) is 0 Å². The van der Waals surface area contributed by atoms with Crippen LogP contribution >= 0.6 is 0 Å². The molecule has 3 heteroatoms. The van der Waals surface area contributed by atoms with Crippen LogP contribution in [0.15, 0.2) is 24.3 Å². The van der Waals surface area contributed by atoms with Crippen LogP contribution < -0.4 is 0 Å². The molecule has 0 aromatic heterocycles. The van der Waals surface area contributed by atoms with Gasteiger partial charge in [0.15, 0.2) is 0 Å². The van der Waals surface area contributed by atoms with Crippen molar-refractivity contribution in [3.63, 3.8) is 0 Å². The summed E-state index contributed by atoms with van der Waals surface area (Å²) in [7, 11) is 3.54. The molecule has 98 valence electrons. The van der Waals surface area contributed by atoms with Crippen molar-refractivity contribution in [2.75, 3.05) is 20.7 Å². The zero-order valence-corrected chi connectivity index (χ0v) is 11.3. The summed E-state index contributed by atoms with van der Waals surface area (Å²) in [5.74, 6) is 1.45. The fraction of sp³-hybridized carbons (Fsp3) is 0.533. The molecule has 0 saturated heterocycles. The van der Waals surface area contributed by atoms with E-state index in [9.17, 15) is 4.79 Å². The van der Waals surface area contributed by atoms with Crippen LogP contribution in [0.3, 0.4) is 0 Å². The molecule has 0 N–H and O–H groups in total. The number of benzene rings is 1. The van der Waals surface area contributed by atoms with E-state index in [2.05, 4.69) is 18.9 Å². The molecule has 1 saturated carbocycles. The highest BCUT2D eigenvalue weighted by Crippen LogP contribution is 2.38. The first kappa shape index (κ1) is 13.1. The number of carbonyl (C=O) groups is 1. The third-order valence-electron chi connectivity index (χ3n) is 3.69. The van der Waals surface area contributed by atoms with Gasteiger partial charge in [0, 0.05) is 13.1 Å². The van der Waals surface area contributed by atoms with Gasteiger partial charge < -0.3 is 9.64 Å². The molecule has 18 heavy (non-hydrogen) atoms. The highest BCUT2D eigenvalue weighted by atomic mass is 16.5. The Morgan fingerprint density at radius 3 is 2.72 bits per heavy atom. The zero-order chi connectivity index (χ0) is 13.1. The van der Waals surface area contributed by atoms with Crippen molar-refractivity contribution in [3.8, 4) is 0 Å². The molecule has 3 nitrogen and oxygen atoms in total. The van der Waals surface area contributed by atoms with Crippen molar-refractivity contribution >= 4 is 5.97 Å². The van der Waals surface area contributed by atoms with Crippen molar-refractivity contribution in [2.24, 2.45) is 11.8 Å². The topological polar surface area (TPSA) is 29.5 Å². The van der Waals surface area contributed by atoms with Gasteiger partial charge in [-0.15, -0.1) is 0 Å². The number of methoxy groups -OCH3 is 1. The first-order chi connectivity index (χ1) is 8.61. The van der Waals surface area contributed by atoms with Crippen molar-refractivity contribution in [3.05, 3.63) is 35.4 Å². The Hall–Kier alpha value is -1.35. The molecule has 1 fully saturated rings. The molecule has 1 aliphatic rings. The monoisotopic (exact) mass is 247 g/mol. The van der Waals surface area contributed by atoms with Gasteiger partial charge >= 0.3 is 5.97 Å². The highest BCUT2D eigenvalue weighted by molar-refractivity contribution is 5.90. The Balaban J connectivity index is 2.01. The molecule has 0 heterocycles. The van der Waals surface area contributed by atoms with E-state index in [-0.39, 0.29) is 5.97 Å². The molecule has 2 rings (SSSR count). The van der Waals surface area contributed by atoms with Gasteiger partial charge in [-0.3, -0.25) is 0 Å². The Kier molecular flexibility index (Phi) is 4.02. The minimum atomic E-state index is -0.251. The van der Waals surface area contributed by atoms with Crippen molar-refractivity contribution in [1.82, 2.24) is 4.90 Å². The van der Waals surface area contributed by atoms with Crippen LogP contribution in [0.4, 0.5) is 0 Å². The second-order valence-corrected chi connectivity index (χ2v) is 5.32. The average molecular weight is 247 g/mol. The van der Waals surface area contributed by atoms with Gasteiger partial charge in [0.05, 0.1) is 12.7 Å². The molecule has 0 radical (unpaired) electrons. The van der Waals surface area contributed by atoms with Gasteiger partial charge in [-0.2, -0.15) is 0 Å². The SMILES string of the molecule is COC(=O)c1ccccc1CN(C)CC1CC1C. The lowest BCUT2D eigenvalue weighted by atomic mass is 10.1. The summed E-state index contributed by atoms with van der Waals surface area (Å²) in [5.41, 5.74) is 1.72. The van der Waals surface area contributed by atoms with E-state index in [4.69, 9.17) is 4.74 Å². The zero-order valence-electron chi connectivity index (χ0n) is 11.3. The lowest BCUT2D eigenvalue weighted by molar-refractivity contribution is 0.0598. The lowest BCUT2D eigenvalue weighted by Crippen LogP contribution is -2.22. The van der Waals surface area contributed by atoms with Gasteiger partial charge in [0.25, 0.3) is 0 Å². The van der Waals surface area contributed by atoms with Gasteiger partial charge in [0.2, 0.25) is 0 Å². The van der Waals surface area contributed by atoms with Gasteiger partial charge in [-0.05, 0) is 36.9 Å². The fourth-order valence-electron chi connectivity index (χ4n) is 2.38. The third kappa shape index (κ3) is 3.10. The number of nitrogens with zero attached hydrogens (tertiary/aromatic N) is 1. The number of ether oxygens (including phenoxy) is 1. The van der Waals surface area contributed by atoms with Gasteiger partial charge in [-0.1, -0.05) is 25.1 Å². The minimum Gasteiger partial charge on any atom is -0.465 e.